The summed E-state index contributed by atoms with van der Waals surface area (Å²) in [6, 6.07) is 12.3. The first-order chi connectivity index (χ1) is 9.40. The van der Waals surface area contributed by atoms with E-state index in [4.69, 9.17) is 4.42 Å². The maximum Gasteiger partial charge on any atom is 0.125 e. The normalized spacial score (nSPS) is 11.0. The van der Waals surface area contributed by atoms with Gasteiger partial charge in [0.25, 0.3) is 0 Å². The monoisotopic (exact) mass is 252 g/mol. The fourth-order valence-electron chi connectivity index (χ4n) is 2.29. The van der Waals surface area contributed by atoms with Gasteiger partial charge >= 0.3 is 0 Å². The third-order valence-electron chi connectivity index (χ3n) is 3.22. The standard InChI is InChI=1S/C16H16N2O/c1-2-17-11-16-14(8-10-19-16)12-5-3-7-15-13(12)6-4-9-18-15/h3-10,17H,2,11H2,1H3. The summed E-state index contributed by atoms with van der Waals surface area (Å²) in [6.45, 7) is 3.76. The van der Waals surface area contributed by atoms with Crippen LogP contribution in [0.2, 0.25) is 0 Å². The average molecular weight is 252 g/mol. The largest absolute Gasteiger partial charge is 0.467 e. The number of aromatic nitrogens is 1. The Morgan fingerprint density at radius 1 is 1.11 bits per heavy atom. The van der Waals surface area contributed by atoms with E-state index in [-0.39, 0.29) is 0 Å². The summed E-state index contributed by atoms with van der Waals surface area (Å²) in [7, 11) is 0. The minimum atomic E-state index is 0.746. The second-order valence-electron chi connectivity index (χ2n) is 4.41. The smallest absolute Gasteiger partial charge is 0.125 e. The lowest BCUT2D eigenvalue weighted by Crippen LogP contribution is -2.11. The van der Waals surface area contributed by atoms with Gasteiger partial charge in [-0.1, -0.05) is 25.1 Å². The number of hydrogen-bond acceptors (Lipinski definition) is 3. The fraction of sp³-hybridized carbons (Fsp3) is 0.188. The number of rotatable bonds is 4. The highest BCUT2D eigenvalue weighted by atomic mass is 16.3. The molecule has 0 saturated carbocycles. The van der Waals surface area contributed by atoms with Crippen molar-refractivity contribution in [1.29, 1.82) is 0 Å². The van der Waals surface area contributed by atoms with Crippen molar-refractivity contribution in [3.63, 3.8) is 0 Å². The molecule has 0 fully saturated rings. The Morgan fingerprint density at radius 2 is 2.05 bits per heavy atom. The highest BCUT2D eigenvalue weighted by Gasteiger charge is 2.11. The van der Waals surface area contributed by atoms with E-state index in [2.05, 4.69) is 29.4 Å². The van der Waals surface area contributed by atoms with E-state index in [0.29, 0.717) is 0 Å². The summed E-state index contributed by atoms with van der Waals surface area (Å²) in [4.78, 5) is 4.40. The number of pyridine rings is 1. The van der Waals surface area contributed by atoms with Gasteiger partial charge in [0.05, 0.1) is 18.3 Å². The molecule has 19 heavy (non-hydrogen) atoms. The van der Waals surface area contributed by atoms with Crippen LogP contribution in [0, 0.1) is 0 Å². The van der Waals surface area contributed by atoms with E-state index in [9.17, 15) is 0 Å². The quantitative estimate of drug-likeness (QED) is 0.771. The van der Waals surface area contributed by atoms with Gasteiger partial charge in [-0.15, -0.1) is 0 Å². The number of hydrogen-bond donors (Lipinski definition) is 1. The van der Waals surface area contributed by atoms with E-state index in [1.165, 1.54) is 5.56 Å². The van der Waals surface area contributed by atoms with Crippen molar-refractivity contribution in [2.45, 2.75) is 13.5 Å². The summed E-state index contributed by atoms with van der Waals surface area (Å²) >= 11 is 0. The van der Waals surface area contributed by atoms with Gasteiger partial charge in [-0.2, -0.15) is 0 Å². The molecule has 96 valence electrons. The number of furan rings is 1. The predicted molar refractivity (Wildman–Crippen MR) is 76.8 cm³/mol. The zero-order valence-corrected chi connectivity index (χ0v) is 10.9. The maximum absolute atomic E-state index is 5.59. The van der Waals surface area contributed by atoms with Crippen molar-refractivity contribution in [1.82, 2.24) is 10.3 Å². The molecule has 3 aromatic rings. The van der Waals surface area contributed by atoms with Crippen LogP contribution in [0.25, 0.3) is 22.0 Å². The third-order valence-corrected chi connectivity index (χ3v) is 3.22. The molecule has 0 unspecified atom stereocenters. The van der Waals surface area contributed by atoms with Crippen LogP contribution in [0.1, 0.15) is 12.7 Å². The molecule has 2 aromatic heterocycles. The van der Waals surface area contributed by atoms with Gasteiger partial charge in [0.1, 0.15) is 5.76 Å². The summed E-state index contributed by atoms with van der Waals surface area (Å²) < 4.78 is 5.59. The van der Waals surface area contributed by atoms with Crippen LogP contribution in [0.3, 0.4) is 0 Å². The molecule has 1 N–H and O–H groups in total. The average Bonchev–Trinajstić information content (AvgIpc) is 2.92. The van der Waals surface area contributed by atoms with Gasteiger partial charge in [0, 0.05) is 17.1 Å². The Morgan fingerprint density at radius 3 is 2.95 bits per heavy atom. The van der Waals surface area contributed by atoms with Crippen LogP contribution in [0.4, 0.5) is 0 Å². The van der Waals surface area contributed by atoms with Gasteiger partial charge in [-0.05, 0) is 30.3 Å². The highest BCUT2D eigenvalue weighted by molar-refractivity contribution is 5.94. The van der Waals surface area contributed by atoms with Gasteiger partial charge < -0.3 is 9.73 Å². The molecule has 0 aliphatic carbocycles. The van der Waals surface area contributed by atoms with Crippen molar-refractivity contribution >= 4 is 10.9 Å². The summed E-state index contributed by atoms with van der Waals surface area (Å²) in [6.07, 6.45) is 3.57. The lowest BCUT2D eigenvalue weighted by Gasteiger charge is -2.07. The van der Waals surface area contributed by atoms with Crippen molar-refractivity contribution in [3.8, 4) is 11.1 Å². The molecule has 0 atom stereocenters. The zero-order chi connectivity index (χ0) is 13.1. The van der Waals surface area contributed by atoms with E-state index in [1.54, 1.807) is 6.26 Å². The van der Waals surface area contributed by atoms with Crippen LogP contribution in [-0.4, -0.2) is 11.5 Å². The Hall–Kier alpha value is -2.13. The zero-order valence-electron chi connectivity index (χ0n) is 10.9. The van der Waals surface area contributed by atoms with E-state index in [1.807, 2.05) is 30.5 Å². The summed E-state index contributed by atoms with van der Waals surface area (Å²) in [5, 5.41) is 4.46. The van der Waals surface area contributed by atoms with E-state index in [0.717, 1.165) is 35.3 Å². The van der Waals surface area contributed by atoms with Crippen molar-refractivity contribution in [2.75, 3.05) is 6.54 Å². The molecule has 0 saturated heterocycles. The van der Waals surface area contributed by atoms with Crippen molar-refractivity contribution in [3.05, 3.63) is 54.6 Å². The fourth-order valence-corrected chi connectivity index (χ4v) is 2.29. The first-order valence-electron chi connectivity index (χ1n) is 6.51. The molecule has 0 aliphatic heterocycles. The van der Waals surface area contributed by atoms with Crippen LogP contribution in [0.5, 0.6) is 0 Å². The first kappa shape index (κ1) is 11.9. The molecule has 0 bridgehead atoms. The molecule has 0 radical (unpaired) electrons. The first-order valence-corrected chi connectivity index (χ1v) is 6.51. The molecule has 3 heteroatoms. The maximum atomic E-state index is 5.59. The van der Waals surface area contributed by atoms with Gasteiger partial charge in [-0.25, -0.2) is 0 Å². The molecule has 0 aliphatic rings. The number of benzene rings is 1. The molecule has 3 rings (SSSR count). The second kappa shape index (κ2) is 5.24. The van der Waals surface area contributed by atoms with Gasteiger partial charge in [-0.3, -0.25) is 4.98 Å². The van der Waals surface area contributed by atoms with E-state index < -0.39 is 0 Å². The molecule has 2 heterocycles. The Bertz CT molecular complexity index is 683. The van der Waals surface area contributed by atoms with Crippen LogP contribution < -0.4 is 5.32 Å². The molecular weight excluding hydrogens is 236 g/mol. The third kappa shape index (κ3) is 2.25. The highest BCUT2D eigenvalue weighted by Crippen LogP contribution is 2.30. The Balaban J connectivity index is 2.12. The van der Waals surface area contributed by atoms with Gasteiger partial charge in [0.15, 0.2) is 0 Å². The SMILES string of the molecule is CCNCc1occc1-c1cccc2ncccc12. The van der Waals surface area contributed by atoms with Crippen LogP contribution >= 0.6 is 0 Å². The van der Waals surface area contributed by atoms with Crippen molar-refractivity contribution < 1.29 is 4.42 Å². The molecule has 0 spiro atoms. The Kier molecular flexibility index (Phi) is 3.29. The molecule has 0 amide bonds. The van der Waals surface area contributed by atoms with Crippen molar-refractivity contribution in [2.24, 2.45) is 0 Å². The molecule has 3 nitrogen and oxygen atoms in total. The lowest BCUT2D eigenvalue weighted by molar-refractivity contribution is 0.489. The predicted octanol–water partition coefficient (Wildman–Crippen LogP) is 3.60. The number of nitrogens with one attached hydrogen (secondary N) is 1. The Labute approximate surface area is 112 Å². The number of nitrogens with zero attached hydrogens (tertiary/aromatic N) is 1. The molecule has 1 aromatic carbocycles. The number of fused-ring (bicyclic) bond motifs is 1. The minimum Gasteiger partial charge on any atom is -0.467 e. The van der Waals surface area contributed by atoms with Gasteiger partial charge in [0.2, 0.25) is 0 Å². The lowest BCUT2D eigenvalue weighted by atomic mass is 10.0. The molecular formula is C16H16N2O. The van der Waals surface area contributed by atoms with E-state index >= 15 is 0 Å². The second-order valence-corrected chi connectivity index (χ2v) is 4.41. The van der Waals surface area contributed by atoms with Crippen LogP contribution in [0.15, 0.2) is 53.3 Å². The topological polar surface area (TPSA) is 38.1 Å². The summed E-state index contributed by atoms with van der Waals surface area (Å²) in [5.74, 6) is 0.971. The summed E-state index contributed by atoms with van der Waals surface area (Å²) in [5.41, 5.74) is 3.32. The minimum absolute atomic E-state index is 0.746. The van der Waals surface area contributed by atoms with Crippen LogP contribution in [-0.2, 0) is 6.54 Å².